The number of rotatable bonds is 2. The molecule has 0 fully saturated rings. The summed E-state index contributed by atoms with van der Waals surface area (Å²) in [6.45, 7) is 1.83. The van der Waals surface area contributed by atoms with Gasteiger partial charge in [-0.05, 0) is 52.7 Å². The quantitative estimate of drug-likeness (QED) is 0.276. The molecule has 0 unspecified atom stereocenters. The van der Waals surface area contributed by atoms with Crippen molar-refractivity contribution in [2.75, 3.05) is 7.11 Å². The van der Waals surface area contributed by atoms with E-state index in [1.165, 1.54) is 13.2 Å². The lowest BCUT2D eigenvalue weighted by Gasteiger charge is -2.05. The highest BCUT2D eigenvalue weighted by Crippen LogP contribution is 2.26. The van der Waals surface area contributed by atoms with E-state index in [4.69, 9.17) is 5.53 Å². The van der Waals surface area contributed by atoms with Crippen molar-refractivity contribution in [2.24, 2.45) is 5.11 Å². The van der Waals surface area contributed by atoms with E-state index >= 15 is 0 Å². The summed E-state index contributed by atoms with van der Waals surface area (Å²) >= 11 is 2.07. The van der Waals surface area contributed by atoms with Crippen molar-refractivity contribution in [3.05, 3.63) is 37.3 Å². The molecule has 0 bridgehead atoms. The Morgan fingerprint density at radius 2 is 2.27 bits per heavy atom. The Morgan fingerprint density at radius 3 is 2.80 bits per heavy atom. The lowest BCUT2D eigenvalue weighted by atomic mass is 10.1. The molecule has 0 aromatic heterocycles. The Bertz CT molecular complexity index is 453. The van der Waals surface area contributed by atoms with Crippen LogP contribution in [0.4, 0.5) is 5.69 Å². The van der Waals surface area contributed by atoms with Gasteiger partial charge in [-0.3, -0.25) is 0 Å². The van der Waals surface area contributed by atoms with Gasteiger partial charge in [-0.1, -0.05) is 5.11 Å². The van der Waals surface area contributed by atoms with Crippen LogP contribution < -0.4 is 0 Å². The van der Waals surface area contributed by atoms with E-state index in [0.717, 1.165) is 9.13 Å². The summed E-state index contributed by atoms with van der Waals surface area (Å²) in [5.41, 5.74) is 10.0. The number of halogens is 1. The van der Waals surface area contributed by atoms with E-state index in [-0.39, 0.29) is 0 Å². The maximum atomic E-state index is 11.3. The molecule has 0 amide bonds. The number of hydrogen-bond donors (Lipinski definition) is 0. The van der Waals surface area contributed by atoms with E-state index < -0.39 is 5.97 Å². The summed E-state index contributed by atoms with van der Waals surface area (Å²) in [5.74, 6) is -0.442. The predicted molar refractivity (Wildman–Crippen MR) is 64.0 cm³/mol. The van der Waals surface area contributed by atoms with Crippen molar-refractivity contribution in [1.82, 2.24) is 0 Å². The van der Waals surface area contributed by atoms with Crippen LogP contribution in [0.2, 0.25) is 0 Å². The largest absolute Gasteiger partial charge is 0.465 e. The molecule has 0 aliphatic rings. The second kappa shape index (κ2) is 4.99. The van der Waals surface area contributed by atoms with E-state index in [0.29, 0.717) is 11.3 Å². The molecule has 0 atom stereocenters. The molecule has 1 rings (SSSR count). The summed E-state index contributed by atoms with van der Waals surface area (Å²) in [5, 5.41) is 3.51. The minimum atomic E-state index is -0.442. The Kier molecular flexibility index (Phi) is 3.93. The Hall–Kier alpha value is -1.27. The second-order valence-electron chi connectivity index (χ2n) is 2.78. The molecule has 0 saturated heterocycles. The second-order valence-corrected chi connectivity index (χ2v) is 3.95. The smallest absolute Gasteiger partial charge is 0.337 e. The van der Waals surface area contributed by atoms with E-state index in [1.54, 1.807) is 6.07 Å². The highest BCUT2D eigenvalue weighted by molar-refractivity contribution is 14.1. The summed E-state index contributed by atoms with van der Waals surface area (Å²) in [7, 11) is 1.31. The zero-order valence-electron chi connectivity index (χ0n) is 8.19. The van der Waals surface area contributed by atoms with Gasteiger partial charge in [0.2, 0.25) is 0 Å². The standard InChI is InChI=1S/C9H8IN3O2/c1-5-7(10)3-6(9(14)15-2)4-8(5)12-13-11/h3-4H,1-2H3. The first-order valence-corrected chi connectivity index (χ1v) is 5.11. The topological polar surface area (TPSA) is 75.1 Å². The number of nitrogens with zero attached hydrogens (tertiary/aromatic N) is 3. The normalized spacial score (nSPS) is 9.27. The van der Waals surface area contributed by atoms with Gasteiger partial charge in [0.1, 0.15) is 0 Å². The third-order valence-corrected chi connectivity index (χ3v) is 3.01. The van der Waals surface area contributed by atoms with Crippen molar-refractivity contribution in [1.29, 1.82) is 0 Å². The van der Waals surface area contributed by atoms with Crippen LogP contribution in [0.1, 0.15) is 15.9 Å². The summed E-state index contributed by atoms with van der Waals surface area (Å²) in [4.78, 5) is 14.0. The first-order valence-electron chi connectivity index (χ1n) is 4.03. The first kappa shape index (κ1) is 11.8. The minimum Gasteiger partial charge on any atom is -0.465 e. The third kappa shape index (κ3) is 2.60. The van der Waals surface area contributed by atoms with Gasteiger partial charge in [-0.15, -0.1) is 0 Å². The molecule has 6 heteroatoms. The van der Waals surface area contributed by atoms with Gasteiger partial charge < -0.3 is 4.74 Å². The average molecular weight is 317 g/mol. The Labute approximate surface area is 100 Å². The highest BCUT2D eigenvalue weighted by Gasteiger charge is 2.10. The number of azide groups is 1. The number of carbonyl (C=O) groups excluding carboxylic acids is 1. The lowest BCUT2D eigenvalue weighted by Crippen LogP contribution is -2.01. The van der Waals surface area contributed by atoms with Gasteiger partial charge in [-0.25, -0.2) is 4.79 Å². The van der Waals surface area contributed by atoms with E-state index in [1.807, 2.05) is 6.92 Å². The molecule has 0 N–H and O–H groups in total. The van der Waals surface area contributed by atoms with Gasteiger partial charge >= 0.3 is 5.97 Å². The summed E-state index contributed by atoms with van der Waals surface area (Å²) < 4.78 is 5.45. The van der Waals surface area contributed by atoms with Crippen molar-refractivity contribution >= 4 is 34.2 Å². The van der Waals surface area contributed by atoms with Crippen molar-refractivity contribution in [3.63, 3.8) is 0 Å². The average Bonchev–Trinajstić information content (AvgIpc) is 2.23. The van der Waals surface area contributed by atoms with Crippen LogP contribution in [0.3, 0.4) is 0 Å². The molecular weight excluding hydrogens is 309 g/mol. The van der Waals surface area contributed by atoms with Crippen LogP contribution in [0.5, 0.6) is 0 Å². The minimum absolute atomic E-state index is 0.384. The number of benzene rings is 1. The molecule has 0 radical (unpaired) electrons. The first-order chi connectivity index (χ1) is 7.10. The van der Waals surface area contributed by atoms with E-state index in [2.05, 4.69) is 37.4 Å². The maximum Gasteiger partial charge on any atom is 0.337 e. The number of hydrogen-bond acceptors (Lipinski definition) is 3. The molecule has 0 spiro atoms. The number of carbonyl (C=O) groups is 1. The van der Waals surface area contributed by atoms with Crippen molar-refractivity contribution in [2.45, 2.75) is 6.92 Å². The van der Waals surface area contributed by atoms with Crippen LogP contribution in [0.15, 0.2) is 17.2 Å². The van der Waals surface area contributed by atoms with Gasteiger partial charge in [0.05, 0.1) is 12.7 Å². The van der Waals surface area contributed by atoms with Gasteiger partial charge in [0, 0.05) is 14.2 Å². The predicted octanol–water partition coefficient (Wildman–Crippen LogP) is 3.33. The molecule has 78 valence electrons. The SMILES string of the molecule is COC(=O)c1cc(I)c(C)c(N=[N+]=[N-])c1. The fourth-order valence-electron chi connectivity index (χ4n) is 1.05. The Morgan fingerprint density at radius 1 is 1.60 bits per heavy atom. The van der Waals surface area contributed by atoms with Crippen LogP contribution in [0.25, 0.3) is 10.4 Å². The molecular formula is C9H8IN3O2. The summed E-state index contributed by atoms with van der Waals surface area (Å²) in [6, 6.07) is 3.21. The van der Waals surface area contributed by atoms with Crippen LogP contribution >= 0.6 is 22.6 Å². The molecule has 0 aliphatic heterocycles. The molecule has 5 nitrogen and oxygen atoms in total. The fourth-order valence-corrected chi connectivity index (χ4v) is 1.66. The van der Waals surface area contributed by atoms with Gasteiger partial charge in [-0.2, -0.15) is 0 Å². The zero-order valence-corrected chi connectivity index (χ0v) is 10.3. The Balaban J connectivity index is 3.35. The monoisotopic (exact) mass is 317 g/mol. The third-order valence-electron chi connectivity index (χ3n) is 1.89. The van der Waals surface area contributed by atoms with Crippen molar-refractivity contribution in [3.8, 4) is 0 Å². The van der Waals surface area contributed by atoms with Crippen LogP contribution in [0, 0.1) is 10.5 Å². The number of methoxy groups -OCH3 is 1. The lowest BCUT2D eigenvalue weighted by molar-refractivity contribution is 0.0600. The van der Waals surface area contributed by atoms with Crippen LogP contribution in [-0.2, 0) is 4.74 Å². The highest BCUT2D eigenvalue weighted by atomic mass is 127. The summed E-state index contributed by atoms with van der Waals surface area (Å²) in [6.07, 6.45) is 0. The van der Waals surface area contributed by atoms with Gasteiger partial charge in [0.15, 0.2) is 0 Å². The number of ether oxygens (including phenoxy) is 1. The molecule has 0 aliphatic carbocycles. The van der Waals surface area contributed by atoms with E-state index in [9.17, 15) is 4.79 Å². The maximum absolute atomic E-state index is 11.3. The molecule has 0 saturated carbocycles. The van der Waals surface area contributed by atoms with Crippen molar-refractivity contribution < 1.29 is 9.53 Å². The number of esters is 1. The van der Waals surface area contributed by atoms with Gasteiger partial charge in [0.25, 0.3) is 0 Å². The molecule has 1 aromatic rings. The molecule has 1 aromatic carbocycles. The molecule has 15 heavy (non-hydrogen) atoms. The fraction of sp³-hybridized carbons (Fsp3) is 0.222. The van der Waals surface area contributed by atoms with Crippen LogP contribution in [-0.4, -0.2) is 13.1 Å². The molecule has 0 heterocycles. The zero-order chi connectivity index (χ0) is 11.4.